The first-order valence-electron chi connectivity index (χ1n) is 5.99. The van der Waals surface area contributed by atoms with Crippen molar-refractivity contribution in [3.05, 3.63) is 27.1 Å². The van der Waals surface area contributed by atoms with E-state index in [1.165, 1.54) is 9.78 Å². The van der Waals surface area contributed by atoms with Gasteiger partial charge in [0.15, 0.2) is 0 Å². The fourth-order valence-corrected chi connectivity index (χ4v) is 3.89. The lowest BCUT2D eigenvalue weighted by molar-refractivity contribution is 0.187. The molecule has 1 atom stereocenters. The SMILES string of the molecule is Cc1ncsc1CCSC1=CC=NCC1(C)CO. The molecule has 1 aromatic heterocycles. The molecule has 1 N–H and O–H groups in total. The van der Waals surface area contributed by atoms with Crippen molar-refractivity contribution < 1.29 is 5.11 Å². The molecule has 0 amide bonds. The number of nitrogens with zero attached hydrogens (tertiary/aromatic N) is 2. The zero-order valence-corrected chi connectivity index (χ0v) is 12.4. The molecule has 0 aliphatic carbocycles. The van der Waals surface area contributed by atoms with Gasteiger partial charge in [0.05, 0.1) is 24.4 Å². The van der Waals surface area contributed by atoms with Crippen molar-refractivity contribution in [3.8, 4) is 0 Å². The number of aliphatic imine (C=N–C) groups is 1. The Balaban J connectivity index is 1.91. The van der Waals surface area contributed by atoms with Gasteiger partial charge in [-0.2, -0.15) is 0 Å². The minimum atomic E-state index is -0.192. The number of hydrogen-bond acceptors (Lipinski definition) is 5. The summed E-state index contributed by atoms with van der Waals surface area (Å²) in [5.74, 6) is 1.03. The number of thioether (sulfide) groups is 1. The van der Waals surface area contributed by atoms with Gasteiger partial charge in [0.25, 0.3) is 0 Å². The largest absolute Gasteiger partial charge is 0.395 e. The van der Waals surface area contributed by atoms with E-state index in [9.17, 15) is 5.11 Å². The number of aromatic nitrogens is 1. The van der Waals surface area contributed by atoms with E-state index in [0.29, 0.717) is 6.54 Å². The molecular weight excluding hydrogens is 264 g/mol. The van der Waals surface area contributed by atoms with Crippen LogP contribution in [0, 0.1) is 12.3 Å². The molecule has 18 heavy (non-hydrogen) atoms. The molecule has 0 aromatic carbocycles. The van der Waals surface area contributed by atoms with Crippen molar-refractivity contribution in [2.45, 2.75) is 20.3 Å². The summed E-state index contributed by atoms with van der Waals surface area (Å²) >= 11 is 3.55. The lowest BCUT2D eigenvalue weighted by atomic mass is 9.90. The second-order valence-corrected chi connectivity index (χ2v) is 6.77. The average Bonchev–Trinajstić information content (AvgIpc) is 2.78. The normalized spacial score (nSPS) is 23.2. The summed E-state index contributed by atoms with van der Waals surface area (Å²) in [6.07, 6.45) is 4.92. The maximum atomic E-state index is 9.51. The Hall–Kier alpha value is -0.650. The maximum Gasteiger partial charge on any atom is 0.0797 e. The van der Waals surface area contributed by atoms with Gasteiger partial charge in [-0.1, -0.05) is 6.92 Å². The van der Waals surface area contributed by atoms with Crippen molar-refractivity contribution >= 4 is 29.3 Å². The highest BCUT2D eigenvalue weighted by Gasteiger charge is 2.29. The number of hydrogen-bond donors (Lipinski definition) is 1. The molecule has 3 nitrogen and oxygen atoms in total. The third kappa shape index (κ3) is 3.02. The molecule has 0 saturated carbocycles. The van der Waals surface area contributed by atoms with Gasteiger partial charge >= 0.3 is 0 Å². The van der Waals surface area contributed by atoms with Crippen molar-refractivity contribution in [1.29, 1.82) is 0 Å². The molecule has 1 aliphatic heterocycles. The molecule has 0 saturated heterocycles. The lowest BCUT2D eigenvalue weighted by Gasteiger charge is -2.30. The van der Waals surface area contributed by atoms with E-state index in [4.69, 9.17) is 0 Å². The quantitative estimate of drug-likeness (QED) is 0.903. The van der Waals surface area contributed by atoms with E-state index in [2.05, 4.69) is 23.8 Å². The zero-order valence-electron chi connectivity index (χ0n) is 10.7. The van der Waals surface area contributed by atoms with Crippen LogP contribution in [-0.4, -0.2) is 35.2 Å². The molecule has 0 fully saturated rings. The van der Waals surface area contributed by atoms with Gasteiger partial charge in [-0.25, -0.2) is 4.98 Å². The number of aryl methyl sites for hydroxylation is 2. The van der Waals surface area contributed by atoms with Crippen LogP contribution in [0.1, 0.15) is 17.5 Å². The van der Waals surface area contributed by atoms with Gasteiger partial charge in [0.1, 0.15) is 0 Å². The number of aliphatic hydroxyl groups is 1. The molecule has 0 radical (unpaired) electrons. The Morgan fingerprint density at radius 2 is 2.39 bits per heavy atom. The number of aliphatic hydroxyl groups excluding tert-OH is 1. The molecule has 1 aliphatic rings. The summed E-state index contributed by atoms with van der Waals surface area (Å²) in [4.78, 5) is 11.1. The van der Waals surface area contributed by atoms with Crippen LogP contribution in [0.25, 0.3) is 0 Å². The van der Waals surface area contributed by atoms with Gasteiger partial charge in [0, 0.05) is 22.3 Å². The summed E-state index contributed by atoms with van der Waals surface area (Å²) < 4.78 is 0. The van der Waals surface area contributed by atoms with Gasteiger partial charge in [0.2, 0.25) is 0 Å². The highest BCUT2D eigenvalue weighted by atomic mass is 32.2. The third-order valence-electron chi connectivity index (χ3n) is 3.15. The lowest BCUT2D eigenvalue weighted by Crippen LogP contribution is -2.28. The molecule has 5 heteroatoms. The molecular formula is C13H18N2OS2. The Morgan fingerprint density at radius 3 is 3.06 bits per heavy atom. The summed E-state index contributed by atoms with van der Waals surface area (Å²) in [6, 6.07) is 0. The topological polar surface area (TPSA) is 45.5 Å². The van der Waals surface area contributed by atoms with Gasteiger partial charge in [-0.05, 0) is 24.3 Å². The molecule has 2 rings (SSSR count). The van der Waals surface area contributed by atoms with Crippen LogP contribution in [0.15, 0.2) is 21.5 Å². The third-order valence-corrected chi connectivity index (χ3v) is 5.49. The molecule has 0 spiro atoms. The molecule has 1 aromatic rings. The fourth-order valence-electron chi connectivity index (χ4n) is 1.82. The Bertz CT molecular complexity index is 467. The van der Waals surface area contributed by atoms with Crippen molar-refractivity contribution in [3.63, 3.8) is 0 Å². The molecule has 98 valence electrons. The Kier molecular flexibility index (Phi) is 4.59. The van der Waals surface area contributed by atoms with Crippen LogP contribution in [0.2, 0.25) is 0 Å². The highest BCUT2D eigenvalue weighted by Crippen LogP contribution is 2.37. The van der Waals surface area contributed by atoms with Crippen molar-refractivity contribution in [2.75, 3.05) is 18.9 Å². The predicted molar refractivity (Wildman–Crippen MR) is 79.6 cm³/mol. The molecule has 0 bridgehead atoms. The van der Waals surface area contributed by atoms with E-state index >= 15 is 0 Å². The Labute approximate surface area is 116 Å². The zero-order chi connectivity index (χ0) is 13.0. The monoisotopic (exact) mass is 282 g/mol. The molecule has 2 heterocycles. The van der Waals surface area contributed by atoms with E-state index in [1.54, 1.807) is 11.3 Å². The summed E-state index contributed by atoms with van der Waals surface area (Å²) in [7, 11) is 0. The van der Waals surface area contributed by atoms with Crippen LogP contribution in [0.5, 0.6) is 0 Å². The number of thiazole rings is 1. The van der Waals surface area contributed by atoms with Gasteiger partial charge in [-0.15, -0.1) is 23.1 Å². The smallest absolute Gasteiger partial charge is 0.0797 e. The predicted octanol–water partition coefficient (Wildman–Crippen LogP) is 2.69. The minimum absolute atomic E-state index is 0.156. The first kappa shape index (κ1) is 13.8. The number of dihydropyridines is 1. The molecule has 1 unspecified atom stereocenters. The van der Waals surface area contributed by atoms with Crippen LogP contribution in [-0.2, 0) is 6.42 Å². The van der Waals surface area contributed by atoms with Crippen molar-refractivity contribution in [1.82, 2.24) is 4.98 Å². The second-order valence-electron chi connectivity index (χ2n) is 4.70. The first-order chi connectivity index (χ1) is 8.65. The second kappa shape index (κ2) is 5.99. The highest BCUT2D eigenvalue weighted by molar-refractivity contribution is 8.03. The van der Waals surface area contributed by atoms with E-state index in [1.807, 2.05) is 29.6 Å². The minimum Gasteiger partial charge on any atom is -0.395 e. The van der Waals surface area contributed by atoms with Gasteiger partial charge in [-0.3, -0.25) is 4.99 Å². The van der Waals surface area contributed by atoms with E-state index < -0.39 is 0 Å². The van der Waals surface area contributed by atoms with Crippen LogP contribution >= 0.6 is 23.1 Å². The van der Waals surface area contributed by atoms with E-state index in [-0.39, 0.29) is 12.0 Å². The van der Waals surface area contributed by atoms with Crippen molar-refractivity contribution in [2.24, 2.45) is 10.4 Å². The van der Waals surface area contributed by atoms with Crippen LogP contribution in [0.3, 0.4) is 0 Å². The Morgan fingerprint density at radius 1 is 1.56 bits per heavy atom. The van der Waals surface area contributed by atoms with Crippen LogP contribution < -0.4 is 0 Å². The number of rotatable bonds is 5. The number of allylic oxidation sites excluding steroid dienone is 1. The maximum absolute atomic E-state index is 9.51. The summed E-state index contributed by atoms with van der Waals surface area (Å²) in [5, 5.41) is 9.51. The fraction of sp³-hybridized carbons (Fsp3) is 0.538. The summed E-state index contributed by atoms with van der Waals surface area (Å²) in [6.45, 7) is 4.96. The standard InChI is InChI=1S/C13H18N2OS2/c1-10-11(18-9-15-10)4-6-17-12-3-5-14-7-13(12,2)8-16/h3,5,9,16H,4,6-8H2,1-2H3. The first-order valence-corrected chi connectivity index (χ1v) is 7.85. The van der Waals surface area contributed by atoms with Crippen LogP contribution in [0.4, 0.5) is 0 Å². The van der Waals surface area contributed by atoms with E-state index in [0.717, 1.165) is 17.9 Å². The summed E-state index contributed by atoms with van der Waals surface area (Å²) in [5.41, 5.74) is 2.85. The average molecular weight is 282 g/mol. The van der Waals surface area contributed by atoms with Gasteiger partial charge < -0.3 is 5.11 Å².